The predicted molar refractivity (Wildman–Crippen MR) is 101 cm³/mol. The van der Waals surface area contributed by atoms with Crippen LogP contribution in [0.2, 0.25) is 0 Å². The molecule has 0 aromatic heterocycles. The Hall–Kier alpha value is -1.67. The van der Waals surface area contributed by atoms with Crippen LogP contribution in [0.1, 0.15) is 23.2 Å². The summed E-state index contributed by atoms with van der Waals surface area (Å²) in [6, 6.07) is 11.8. The molecule has 1 aliphatic heterocycles. The normalized spacial score (nSPS) is 16.8. The Morgan fingerprint density at radius 2 is 2.04 bits per heavy atom. The third-order valence-electron chi connectivity index (χ3n) is 3.88. The van der Waals surface area contributed by atoms with Gasteiger partial charge in [0, 0.05) is 28.0 Å². The Kier molecular flexibility index (Phi) is 5.68. The molecule has 0 spiro atoms. The average Bonchev–Trinajstić information content (AvgIpc) is 3.08. The first-order valence-electron chi connectivity index (χ1n) is 7.84. The van der Waals surface area contributed by atoms with Crippen LogP contribution in [0.5, 0.6) is 0 Å². The van der Waals surface area contributed by atoms with E-state index >= 15 is 0 Å². The summed E-state index contributed by atoms with van der Waals surface area (Å²) in [5.41, 5.74) is 1.38. The summed E-state index contributed by atoms with van der Waals surface area (Å²) < 4.78 is 20.7. The first-order chi connectivity index (χ1) is 11.6. The first-order valence-corrected chi connectivity index (χ1v) is 8.91. The van der Waals surface area contributed by atoms with Crippen molar-refractivity contribution < 1.29 is 13.9 Å². The Balaban J connectivity index is 1.61. The van der Waals surface area contributed by atoms with Gasteiger partial charge in [-0.15, -0.1) is 0 Å². The van der Waals surface area contributed by atoms with Crippen LogP contribution in [0, 0.1) is 9.39 Å². The maximum Gasteiger partial charge on any atom is 0.255 e. The number of amides is 1. The summed E-state index contributed by atoms with van der Waals surface area (Å²) in [7, 11) is 0. The standard InChI is InChI=1S/C18H18FIN2O2/c19-16-10-14(22-18(23)12-3-5-13(20)6-4-12)7-8-17(16)21-11-15-2-1-9-24-15/h3-8,10,15,21H,1-2,9,11H2,(H,22,23). The van der Waals surface area contributed by atoms with E-state index in [1.165, 1.54) is 6.07 Å². The fourth-order valence-corrected chi connectivity index (χ4v) is 2.93. The highest BCUT2D eigenvalue weighted by atomic mass is 127. The zero-order valence-corrected chi connectivity index (χ0v) is 15.2. The summed E-state index contributed by atoms with van der Waals surface area (Å²) in [5, 5.41) is 5.77. The van der Waals surface area contributed by atoms with Crippen LogP contribution in [0.25, 0.3) is 0 Å². The monoisotopic (exact) mass is 440 g/mol. The number of ether oxygens (including phenoxy) is 1. The molecule has 2 N–H and O–H groups in total. The van der Waals surface area contributed by atoms with Gasteiger partial charge in [-0.1, -0.05) is 0 Å². The van der Waals surface area contributed by atoms with Gasteiger partial charge in [0.1, 0.15) is 5.82 Å². The summed E-state index contributed by atoms with van der Waals surface area (Å²) in [6.07, 6.45) is 2.20. The van der Waals surface area contributed by atoms with Crippen molar-refractivity contribution in [2.45, 2.75) is 18.9 Å². The summed E-state index contributed by atoms with van der Waals surface area (Å²) >= 11 is 2.18. The summed E-state index contributed by atoms with van der Waals surface area (Å²) in [5.74, 6) is -0.653. The minimum Gasteiger partial charge on any atom is -0.380 e. The Morgan fingerprint density at radius 1 is 1.25 bits per heavy atom. The number of rotatable bonds is 5. The molecule has 126 valence electrons. The van der Waals surface area contributed by atoms with Gasteiger partial charge in [0.05, 0.1) is 11.8 Å². The number of hydrogen-bond donors (Lipinski definition) is 2. The molecule has 1 aliphatic rings. The van der Waals surface area contributed by atoms with Gasteiger partial charge in [-0.2, -0.15) is 0 Å². The quantitative estimate of drug-likeness (QED) is 0.683. The number of carbonyl (C=O) groups excluding carboxylic acids is 1. The second-order valence-corrected chi connectivity index (χ2v) is 6.92. The lowest BCUT2D eigenvalue weighted by Gasteiger charge is -2.13. The van der Waals surface area contributed by atoms with Crippen molar-refractivity contribution in [1.82, 2.24) is 0 Å². The van der Waals surface area contributed by atoms with Crippen molar-refractivity contribution in [1.29, 1.82) is 0 Å². The highest BCUT2D eigenvalue weighted by Gasteiger charge is 2.16. The first kappa shape index (κ1) is 17.2. The number of benzene rings is 2. The SMILES string of the molecule is O=C(Nc1ccc(NCC2CCCO2)c(F)c1)c1ccc(I)cc1. The molecule has 1 fully saturated rings. The topological polar surface area (TPSA) is 50.4 Å². The van der Waals surface area contributed by atoms with Gasteiger partial charge in [-0.05, 0) is 77.9 Å². The smallest absolute Gasteiger partial charge is 0.255 e. The van der Waals surface area contributed by atoms with Crippen LogP contribution in [-0.2, 0) is 4.74 Å². The highest BCUT2D eigenvalue weighted by Crippen LogP contribution is 2.21. The van der Waals surface area contributed by atoms with E-state index in [1.807, 2.05) is 12.1 Å². The zero-order valence-electron chi connectivity index (χ0n) is 13.0. The maximum atomic E-state index is 14.2. The highest BCUT2D eigenvalue weighted by molar-refractivity contribution is 14.1. The van der Waals surface area contributed by atoms with Crippen molar-refractivity contribution in [3.63, 3.8) is 0 Å². The second kappa shape index (κ2) is 7.94. The van der Waals surface area contributed by atoms with Gasteiger partial charge in [-0.3, -0.25) is 4.79 Å². The fourth-order valence-electron chi connectivity index (χ4n) is 2.57. The molecule has 1 atom stereocenters. The Bertz CT molecular complexity index is 715. The molecule has 3 rings (SSSR count). The Morgan fingerprint density at radius 3 is 2.71 bits per heavy atom. The van der Waals surface area contributed by atoms with Gasteiger partial charge >= 0.3 is 0 Å². The molecule has 2 aromatic carbocycles. The molecule has 0 aliphatic carbocycles. The molecular weight excluding hydrogens is 422 g/mol. The molecule has 1 heterocycles. The van der Waals surface area contributed by atoms with Gasteiger partial charge in [-0.25, -0.2) is 4.39 Å². The molecule has 6 heteroatoms. The van der Waals surface area contributed by atoms with E-state index < -0.39 is 5.82 Å². The zero-order chi connectivity index (χ0) is 16.9. The van der Waals surface area contributed by atoms with Crippen molar-refractivity contribution in [2.75, 3.05) is 23.8 Å². The third-order valence-corrected chi connectivity index (χ3v) is 4.60. The molecule has 1 amide bonds. The van der Waals surface area contributed by atoms with Gasteiger partial charge in [0.25, 0.3) is 5.91 Å². The Labute approximate surface area is 153 Å². The van der Waals surface area contributed by atoms with Crippen LogP contribution in [-0.4, -0.2) is 25.2 Å². The second-order valence-electron chi connectivity index (χ2n) is 5.67. The fraction of sp³-hybridized carbons (Fsp3) is 0.278. The number of nitrogens with one attached hydrogen (secondary N) is 2. The minimum atomic E-state index is -0.395. The lowest BCUT2D eigenvalue weighted by atomic mass is 10.2. The molecule has 24 heavy (non-hydrogen) atoms. The van der Waals surface area contributed by atoms with E-state index in [0.29, 0.717) is 23.5 Å². The molecule has 2 aromatic rings. The number of anilines is 2. The molecule has 4 nitrogen and oxygen atoms in total. The van der Waals surface area contributed by atoms with Crippen LogP contribution < -0.4 is 10.6 Å². The van der Waals surface area contributed by atoms with E-state index in [9.17, 15) is 9.18 Å². The van der Waals surface area contributed by atoms with Crippen LogP contribution >= 0.6 is 22.6 Å². The molecule has 0 radical (unpaired) electrons. The average molecular weight is 440 g/mol. The van der Waals surface area contributed by atoms with E-state index in [2.05, 4.69) is 33.2 Å². The molecule has 0 bridgehead atoms. The predicted octanol–water partition coefficient (Wildman–Crippen LogP) is 4.27. The van der Waals surface area contributed by atoms with Crippen molar-refractivity contribution in [2.24, 2.45) is 0 Å². The van der Waals surface area contributed by atoms with E-state index in [-0.39, 0.29) is 12.0 Å². The number of halogens is 2. The molecule has 0 saturated carbocycles. The van der Waals surface area contributed by atoms with Crippen LogP contribution in [0.4, 0.5) is 15.8 Å². The van der Waals surface area contributed by atoms with Crippen molar-refractivity contribution >= 4 is 39.9 Å². The van der Waals surface area contributed by atoms with Gasteiger partial charge in [0.15, 0.2) is 0 Å². The van der Waals surface area contributed by atoms with Crippen LogP contribution in [0.3, 0.4) is 0 Å². The van der Waals surface area contributed by atoms with E-state index in [1.54, 1.807) is 24.3 Å². The van der Waals surface area contributed by atoms with E-state index in [0.717, 1.165) is 23.0 Å². The van der Waals surface area contributed by atoms with Gasteiger partial charge < -0.3 is 15.4 Å². The van der Waals surface area contributed by atoms with E-state index in [4.69, 9.17) is 4.74 Å². The van der Waals surface area contributed by atoms with Crippen molar-refractivity contribution in [3.05, 3.63) is 57.4 Å². The van der Waals surface area contributed by atoms with Crippen LogP contribution in [0.15, 0.2) is 42.5 Å². The third kappa shape index (κ3) is 4.45. The lowest BCUT2D eigenvalue weighted by molar-refractivity contribution is 0.102. The largest absolute Gasteiger partial charge is 0.380 e. The van der Waals surface area contributed by atoms with Crippen molar-refractivity contribution in [3.8, 4) is 0 Å². The minimum absolute atomic E-state index is 0.143. The number of hydrogen-bond acceptors (Lipinski definition) is 3. The lowest BCUT2D eigenvalue weighted by Crippen LogP contribution is -2.19. The number of carbonyl (C=O) groups is 1. The summed E-state index contributed by atoms with van der Waals surface area (Å²) in [4.78, 5) is 12.2. The maximum absolute atomic E-state index is 14.2. The summed E-state index contributed by atoms with van der Waals surface area (Å²) in [6.45, 7) is 1.36. The molecule has 1 unspecified atom stereocenters. The molecule has 1 saturated heterocycles. The van der Waals surface area contributed by atoms with Gasteiger partial charge in [0.2, 0.25) is 0 Å². The molecular formula is C18H18FIN2O2.